The predicted molar refractivity (Wildman–Crippen MR) is 219 cm³/mol. The number of ether oxygens (including phenoxy) is 5. The third kappa shape index (κ3) is 6.14. The van der Waals surface area contributed by atoms with Gasteiger partial charge in [0.2, 0.25) is 5.79 Å². The minimum absolute atomic E-state index is 0.00679. The molecule has 3 aliphatic heterocycles. The molecular weight excluding hydrogens is 788 g/mol. The largest absolute Gasteiger partial charge is 0.368 e. The van der Waals surface area contributed by atoms with Gasteiger partial charge >= 0.3 is 0 Å². The Hall–Kier alpha value is -6.35. The SMILES string of the molecule is Cc1cc2[nH]c3c(c4c(c5c6cc(F)c(F)cc6n(C6OC7(CO7)C(OCc7ccccc7)C(OCc7ccccc7)C6OCc6ccccc6)c35)C(=O)NC4=O)c2cc1F. The lowest BCUT2D eigenvalue weighted by Gasteiger charge is -2.46. The molecule has 0 bridgehead atoms. The molecule has 1 spiro atoms. The summed E-state index contributed by atoms with van der Waals surface area (Å²) in [6.45, 7) is 2.13. The first-order valence-corrected chi connectivity index (χ1v) is 19.9. The number of hydrogen-bond donors (Lipinski definition) is 2. The molecule has 5 unspecified atom stereocenters. The second-order valence-corrected chi connectivity index (χ2v) is 15.8. The highest BCUT2D eigenvalue weighted by Crippen LogP contribution is 2.52. The van der Waals surface area contributed by atoms with E-state index in [1.807, 2.05) is 91.0 Å². The molecule has 8 aromatic rings. The summed E-state index contributed by atoms with van der Waals surface area (Å²) < 4.78 is 82.1. The summed E-state index contributed by atoms with van der Waals surface area (Å²) in [5, 5.41) is 3.31. The maximum absolute atomic E-state index is 15.7. The standard InChI is InChI=1S/C48H36F3N3O7/c1-25-17-34-29(18-31(25)49)36-38-39(46(56)53-45(38)55)37-30-19-32(50)33(51)20-35(30)54(41(37)40(36)52-34)47-43(58-22-27-13-7-3-8-14-27)42(57-21-26-11-5-2-6-12-26)44(48(61-47)24-60-48)59-23-28-15-9-4-10-16-28/h2-20,42-44,47,52H,21-24H2,1H3,(H,53,55,56). The number of halogens is 3. The molecular formula is C48H36F3N3O7. The van der Waals surface area contributed by atoms with E-state index in [1.165, 1.54) is 6.07 Å². The monoisotopic (exact) mass is 823 g/mol. The van der Waals surface area contributed by atoms with Gasteiger partial charge in [0.1, 0.15) is 30.7 Å². The Labute approximate surface area is 345 Å². The number of fused-ring (bicyclic) bond motifs is 10. The van der Waals surface area contributed by atoms with Crippen molar-refractivity contribution in [1.29, 1.82) is 0 Å². The summed E-state index contributed by atoms with van der Waals surface area (Å²) in [5.74, 6) is -5.67. The number of epoxide rings is 1. The van der Waals surface area contributed by atoms with Gasteiger partial charge in [0.25, 0.3) is 11.8 Å². The number of nitrogens with zero attached hydrogens (tertiary/aromatic N) is 1. The van der Waals surface area contributed by atoms with Gasteiger partial charge in [0, 0.05) is 33.1 Å². The minimum Gasteiger partial charge on any atom is -0.368 e. The highest BCUT2D eigenvalue weighted by atomic mass is 19.2. The molecule has 6 aromatic carbocycles. The Kier molecular flexibility index (Phi) is 8.88. The van der Waals surface area contributed by atoms with Crippen LogP contribution in [0.15, 0.2) is 115 Å². The molecule has 5 heterocycles. The summed E-state index contributed by atoms with van der Waals surface area (Å²) in [4.78, 5) is 31.0. The van der Waals surface area contributed by atoms with Gasteiger partial charge in [-0.1, -0.05) is 91.0 Å². The maximum Gasteiger partial charge on any atom is 0.259 e. The highest BCUT2D eigenvalue weighted by Gasteiger charge is 2.66. The van der Waals surface area contributed by atoms with E-state index in [9.17, 15) is 9.59 Å². The van der Waals surface area contributed by atoms with Crippen LogP contribution >= 0.6 is 0 Å². The average Bonchev–Trinajstić information content (AvgIpc) is 3.71. The molecule has 0 aliphatic carbocycles. The van der Waals surface area contributed by atoms with Gasteiger partial charge in [-0.2, -0.15) is 0 Å². The van der Waals surface area contributed by atoms with Crippen molar-refractivity contribution in [3.63, 3.8) is 0 Å². The molecule has 61 heavy (non-hydrogen) atoms. The summed E-state index contributed by atoms with van der Waals surface area (Å²) in [7, 11) is 0. The van der Waals surface area contributed by atoms with Crippen LogP contribution in [0.25, 0.3) is 43.6 Å². The van der Waals surface area contributed by atoms with Crippen LogP contribution in [0.5, 0.6) is 0 Å². The lowest BCUT2D eigenvalue weighted by molar-refractivity contribution is -0.313. The van der Waals surface area contributed by atoms with Crippen molar-refractivity contribution in [3.8, 4) is 0 Å². The van der Waals surface area contributed by atoms with E-state index in [0.717, 1.165) is 28.8 Å². The molecule has 3 aliphatic rings. The molecule has 2 aromatic heterocycles. The molecule has 2 N–H and O–H groups in total. The van der Waals surface area contributed by atoms with Crippen LogP contribution in [0.2, 0.25) is 0 Å². The van der Waals surface area contributed by atoms with Crippen LogP contribution in [0, 0.1) is 24.4 Å². The fraction of sp³-hybridized carbons (Fsp3) is 0.208. The second-order valence-electron chi connectivity index (χ2n) is 15.8. The minimum atomic E-state index is -1.39. The number of imide groups is 1. The predicted octanol–water partition coefficient (Wildman–Crippen LogP) is 9.05. The van der Waals surface area contributed by atoms with Crippen molar-refractivity contribution in [2.45, 2.75) is 57.1 Å². The first-order valence-electron chi connectivity index (χ1n) is 19.9. The third-order valence-corrected chi connectivity index (χ3v) is 12.0. The zero-order valence-electron chi connectivity index (χ0n) is 32.5. The van der Waals surface area contributed by atoms with E-state index in [-0.39, 0.29) is 64.7 Å². The number of benzene rings is 6. The fourth-order valence-corrected chi connectivity index (χ4v) is 9.06. The van der Waals surface area contributed by atoms with Crippen molar-refractivity contribution >= 4 is 55.4 Å². The number of nitrogens with one attached hydrogen (secondary N) is 2. The first-order chi connectivity index (χ1) is 29.7. The number of aromatic amines is 1. The molecule has 306 valence electrons. The number of carbonyl (C=O) groups is 2. The van der Waals surface area contributed by atoms with Gasteiger partial charge in [-0.15, -0.1) is 0 Å². The topological polar surface area (TPSA) is 116 Å². The summed E-state index contributed by atoms with van der Waals surface area (Å²) in [5.41, 5.74) is 4.10. The van der Waals surface area contributed by atoms with Crippen LogP contribution in [0.1, 0.15) is 49.2 Å². The van der Waals surface area contributed by atoms with Gasteiger partial charge in [-0.05, 0) is 47.4 Å². The van der Waals surface area contributed by atoms with E-state index in [4.69, 9.17) is 23.7 Å². The van der Waals surface area contributed by atoms with Crippen molar-refractivity contribution < 1.29 is 46.4 Å². The molecule has 13 heteroatoms. The van der Waals surface area contributed by atoms with E-state index in [1.54, 1.807) is 17.6 Å². The van der Waals surface area contributed by atoms with Crippen LogP contribution in [-0.4, -0.2) is 52.1 Å². The Balaban J connectivity index is 1.18. The fourth-order valence-electron chi connectivity index (χ4n) is 9.06. The van der Waals surface area contributed by atoms with E-state index in [2.05, 4.69) is 10.3 Å². The number of amides is 2. The number of hydrogen-bond acceptors (Lipinski definition) is 7. The maximum atomic E-state index is 15.7. The molecule has 11 rings (SSSR count). The smallest absolute Gasteiger partial charge is 0.259 e. The average molecular weight is 824 g/mol. The zero-order chi connectivity index (χ0) is 41.6. The van der Waals surface area contributed by atoms with Crippen LogP contribution < -0.4 is 5.32 Å². The lowest BCUT2D eigenvalue weighted by Crippen LogP contribution is -2.60. The summed E-state index contributed by atoms with van der Waals surface area (Å²) >= 11 is 0. The first kappa shape index (κ1) is 37.6. The Morgan fingerprint density at radius 1 is 0.689 bits per heavy atom. The molecule has 0 saturated carbocycles. The lowest BCUT2D eigenvalue weighted by atomic mass is 9.95. The Morgan fingerprint density at radius 2 is 1.23 bits per heavy atom. The van der Waals surface area contributed by atoms with Crippen molar-refractivity contribution in [1.82, 2.24) is 14.9 Å². The number of carbonyl (C=O) groups excluding carboxylic acids is 2. The summed E-state index contributed by atoms with van der Waals surface area (Å²) in [6, 6.07) is 33.7. The number of aromatic nitrogens is 2. The van der Waals surface area contributed by atoms with Crippen LogP contribution in [0.4, 0.5) is 13.2 Å². The zero-order valence-corrected chi connectivity index (χ0v) is 32.5. The highest BCUT2D eigenvalue weighted by molar-refractivity contribution is 6.39. The Morgan fingerprint density at radius 3 is 1.84 bits per heavy atom. The Bertz CT molecular complexity index is 3060. The molecule has 5 atom stereocenters. The molecule has 10 nitrogen and oxygen atoms in total. The van der Waals surface area contributed by atoms with Crippen LogP contribution in [-0.2, 0) is 43.5 Å². The quantitative estimate of drug-likeness (QED) is 0.105. The molecule has 2 fully saturated rings. The molecule has 0 radical (unpaired) electrons. The van der Waals surface area contributed by atoms with Crippen molar-refractivity contribution in [2.24, 2.45) is 0 Å². The number of aryl methyl sites for hydroxylation is 1. The van der Waals surface area contributed by atoms with Crippen molar-refractivity contribution in [2.75, 3.05) is 6.61 Å². The van der Waals surface area contributed by atoms with Crippen LogP contribution in [0.3, 0.4) is 0 Å². The van der Waals surface area contributed by atoms with E-state index >= 15 is 13.2 Å². The van der Waals surface area contributed by atoms with E-state index < -0.39 is 59.6 Å². The van der Waals surface area contributed by atoms with E-state index in [0.29, 0.717) is 22.0 Å². The van der Waals surface area contributed by atoms with Gasteiger partial charge in [-0.25, -0.2) is 13.2 Å². The molecule has 2 saturated heterocycles. The van der Waals surface area contributed by atoms with Crippen molar-refractivity contribution in [3.05, 3.63) is 166 Å². The van der Waals surface area contributed by atoms with Gasteiger partial charge in [0.05, 0.1) is 47.5 Å². The number of rotatable bonds is 10. The molecule has 2 amide bonds. The summed E-state index contributed by atoms with van der Waals surface area (Å²) in [6.07, 6.45) is -4.04. The third-order valence-electron chi connectivity index (χ3n) is 12.0. The van der Waals surface area contributed by atoms with Gasteiger partial charge < -0.3 is 33.2 Å². The van der Waals surface area contributed by atoms with Gasteiger partial charge in [0.15, 0.2) is 17.9 Å². The second kappa shape index (κ2) is 14.4. The van der Waals surface area contributed by atoms with Gasteiger partial charge in [-0.3, -0.25) is 14.9 Å². The number of H-pyrrole nitrogens is 1. The normalized spacial score (nSPS) is 22.2.